The normalized spacial score (nSPS) is 15.0. The van der Waals surface area contributed by atoms with Gasteiger partial charge in [0.25, 0.3) is 0 Å². The van der Waals surface area contributed by atoms with Gasteiger partial charge in [-0.15, -0.1) is 11.3 Å². The van der Waals surface area contributed by atoms with E-state index in [2.05, 4.69) is 10.3 Å². The molecular formula is C27H25ClN6O3S2. The first-order valence-electron chi connectivity index (χ1n) is 12.4. The molecule has 1 saturated heterocycles. The van der Waals surface area contributed by atoms with Crippen molar-refractivity contribution in [1.29, 1.82) is 0 Å². The van der Waals surface area contributed by atoms with Gasteiger partial charge in [-0.1, -0.05) is 11.6 Å². The van der Waals surface area contributed by atoms with Crippen LogP contribution in [0, 0.1) is 0 Å². The number of sulfonamides is 1. The highest BCUT2D eigenvalue weighted by Crippen LogP contribution is 2.34. The number of anilines is 1. The Morgan fingerprint density at radius 2 is 1.77 bits per heavy atom. The molecule has 1 aliphatic heterocycles. The maximum atomic E-state index is 13.0. The molecule has 5 aromatic rings. The first kappa shape index (κ1) is 25.8. The summed E-state index contributed by atoms with van der Waals surface area (Å²) in [7, 11) is -1.92. The molecule has 0 bridgehead atoms. The fourth-order valence-electron chi connectivity index (χ4n) is 4.72. The van der Waals surface area contributed by atoms with E-state index in [0.29, 0.717) is 36.9 Å². The maximum Gasteiger partial charge on any atom is 0.243 e. The van der Waals surface area contributed by atoms with Crippen molar-refractivity contribution in [1.82, 2.24) is 23.7 Å². The van der Waals surface area contributed by atoms with E-state index in [1.54, 1.807) is 48.9 Å². The number of fused-ring (bicyclic) bond motifs is 1. The van der Waals surface area contributed by atoms with Crippen LogP contribution in [0.4, 0.5) is 5.95 Å². The minimum Gasteiger partial charge on any atom is -0.497 e. The zero-order chi connectivity index (χ0) is 27.0. The highest BCUT2D eigenvalue weighted by atomic mass is 35.5. The van der Waals surface area contributed by atoms with Gasteiger partial charge in [-0.05, 0) is 67.4 Å². The van der Waals surface area contributed by atoms with Crippen LogP contribution in [-0.4, -0.2) is 58.3 Å². The molecule has 12 heteroatoms. The summed E-state index contributed by atoms with van der Waals surface area (Å²) in [5, 5.41) is 5.92. The fraction of sp³-hybridized carbons (Fsp3) is 0.222. The lowest BCUT2D eigenvalue weighted by Gasteiger charge is -2.31. The number of piperidine rings is 1. The molecule has 0 atom stereocenters. The van der Waals surface area contributed by atoms with E-state index < -0.39 is 10.0 Å². The number of halogens is 1. The van der Waals surface area contributed by atoms with Gasteiger partial charge in [0.2, 0.25) is 16.0 Å². The van der Waals surface area contributed by atoms with E-state index in [9.17, 15) is 8.42 Å². The second-order valence-corrected chi connectivity index (χ2v) is 12.4. The smallest absolute Gasteiger partial charge is 0.243 e. The third-order valence-electron chi connectivity index (χ3n) is 6.76. The number of thiazole rings is 1. The summed E-state index contributed by atoms with van der Waals surface area (Å²) in [5.74, 6) is 1.28. The van der Waals surface area contributed by atoms with Gasteiger partial charge in [0.05, 0.1) is 23.4 Å². The van der Waals surface area contributed by atoms with Gasteiger partial charge in [-0.3, -0.25) is 4.40 Å². The minimum atomic E-state index is -3.56. The summed E-state index contributed by atoms with van der Waals surface area (Å²) >= 11 is 7.48. The zero-order valence-electron chi connectivity index (χ0n) is 21.0. The minimum absolute atomic E-state index is 0.0459. The topological polar surface area (TPSA) is 102 Å². The maximum absolute atomic E-state index is 13.0. The summed E-state index contributed by atoms with van der Waals surface area (Å²) in [6.45, 7) is 0.810. The molecule has 9 nitrogen and oxygen atoms in total. The predicted octanol–water partition coefficient (Wildman–Crippen LogP) is 5.45. The Kier molecular flexibility index (Phi) is 6.98. The van der Waals surface area contributed by atoms with Gasteiger partial charge in [-0.25, -0.2) is 23.4 Å². The molecule has 1 fully saturated rings. The second kappa shape index (κ2) is 10.6. The third-order valence-corrected chi connectivity index (χ3v) is 9.68. The van der Waals surface area contributed by atoms with Crippen LogP contribution in [0.3, 0.4) is 0 Å². The standard InChI is InChI=1S/C27H25ClN6O3S2/c1-37-21-6-2-18(3-7-21)24-25(34-16-17-38-27(34)32-24)23-10-13-29-26(31-23)30-20-11-14-33(15-12-20)39(35,36)22-8-4-19(28)5-9-22/h2-10,13,16-17,20H,11-12,14-15H2,1H3,(H,29,30,31). The predicted molar refractivity (Wildman–Crippen MR) is 153 cm³/mol. The molecule has 1 N–H and O–H groups in total. The first-order valence-corrected chi connectivity index (χ1v) is 15.1. The molecule has 200 valence electrons. The molecule has 6 rings (SSSR count). The fourth-order valence-corrected chi connectivity index (χ4v) is 7.03. The van der Waals surface area contributed by atoms with Crippen LogP contribution < -0.4 is 10.1 Å². The van der Waals surface area contributed by atoms with Crippen molar-refractivity contribution >= 4 is 43.9 Å². The molecule has 0 amide bonds. The largest absolute Gasteiger partial charge is 0.497 e. The van der Waals surface area contributed by atoms with Gasteiger partial charge in [-0.2, -0.15) is 4.31 Å². The molecule has 0 spiro atoms. The number of methoxy groups -OCH3 is 1. The summed E-state index contributed by atoms with van der Waals surface area (Å²) in [6, 6.07) is 16.0. The van der Waals surface area contributed by atoms with Crippen LogP contribution in [0.2, 0.25) is 5.02 Å². The number of nitrogens with one attached hydrogen (secondary N) is 1. The number of hydrogen-bond donors (Lipinski definition) is 1. The molecule has 3 aromatic heterocycles. The lowest BCUT2D eigenvalue weighted by molar-refractivity contribution is 0.329. The highest BCUT2D eigenvalue weighted by molar-refractivity contribution is 7.89. The number of aromatic nitrogens is 4. The molecule has 0 saturated carbocycles. The van der Waals surface area contributed by atoms with Crippen LogP contribution in [0.15, 0.2) is 77.3 Å². The molecule has 0 aliphatic carbocycles. The van der Waals surface area contributed by atoms with Crippen molar-refractivity contribution in [3.63, 3.8) is 0 Å². The van der Waals surface area contributed by atoms with E-state index in [-0.39, 0.29) is 10.9 Å². The molecule has 39 heavy (non-hydrogen) atoms. The Bertz CT molecular complexity index is 1710. The first-order chi connectivity index (χ1) is 18.9. The number of benzene rings is 2. The molecular weight excluding hydrogens is 556 g/mol. The van der Waals surface area contributed by atoms with Crippen molar-refractivity contribution in [2.75, 3.05) is 25.5 Å². The average molecular weight is 581 g/mol. The Hall–Kier alpha value is -3.51. The zero-order valence-corrected chi connectivity index (χ0v) is 23.4. The summed E-state index contributed by atoms with van der Waals surface area (Å²) in [4.78, 5) is 15.3. The summed E-state index contributed by atoms with van der Waals surface area (Å²) < 4.78 is 34.9. The Balaban J connectivity index is 1.21. The van der Waals surface area contributed by atoms with E-state index >= 15 is 0 Å². The van der Waals surface area contributed by atoms with E-state index in [0.717, 1.165) is 33.4 Å². The lowest BCUT2D eigenvalue weighted by atomic mass is 10.1. The molecule has 0 unspecified atom stereocenters. The summed E-state index contributed by atoms with van der Waals surface area (Å²) in [5.41, 5.74) is 3.41. The number of rotatable bonds is 7. The van der Waals surface area contributed by atoms with Gasteiger partial charge < -0.3 is 10.1 Å². The highest BCUT2D eigenvalue weighted by Gasteiger charge is 2.30. The van der Waals surface area contributed by atoms with Gasteiger partial charge >= 0.3 is 0 Å². The van der Waals surface area contributed by atoms with Crippen molar-refractivity contribution in [3.8, 4) is 28.4 Å². The van der Waals surface area contributed by atoms with Crippen molar-refractivity contribution in [2.24, 2.45) is 0 Å². The SMILES string of the molecule is COc1ccc(-c2nc3sccn3c2-c2ccnc(NC3CCN(S(=O)(=O)c4ccc(Cl)cc4)CC3)n2)cc1. The van der Waals surface area contributed by atoms with Crippen LogP contribution in [-0.2, 0) is 10.0 Å². The lowest BCUT2D eigenvalue weighted by Crippen LogP contribution is -2.42. The number of nitrogens with zero attached hydrogens (tertiary/aromatic N) is 5. The van der Waals surface area contributed by atoms with Crippen molar-refractivity contribution < 1.29 is 13.2 Å². The average Bonchev–Trinajstić information content (AvgIpc) is 3.56. The number of hydrogen-bond acceptors (Lipinski definition) is 8. The Labute approximate surface area is 235 Å². The van der Waals surface area contributed by atoms with Crippen LogP contribution in [0.5, 0.6) is 5.75 Å². The van der Waals surface area contributed by atoms with Gasteiger partial charge in [0.15, 0.2) is 4.96 Å². The third kappa shape index (κ3) is 5.10. The summed E-state index contributed by atoms with van der Waals surface area (Å²) in [6.07, 6.45) is 4.99. The molecule has 0 radical (unpaired) electrons. The van der Waals surface area contributed by atoms with E-state index in [1.165, 1.54) is 4.31 Å². The second-order valence-electron chi connectivity index (χ2n) is 9.14. The van der Waals surface area contributed by atoms with E-state index in [1.807, 2.05) is 46.3 Å². The Morgan fingerprint density at radius 3 is 2.49 bits per heavy atom. The van der Waals surface area contributed by atoms with Gasteiger partial charge in [0.1, 0.15) is 11.4 Å². The molecule has 2 aromatic carbocycles. The van der Waals surface area contributed by atoms with Crippen LogP contribution in [0.1, 0.15) is 12.8 Å². The molecule has 4 heterocycles. The van der Waals surface area contributed by atoms with Crippen LogP contribution >= 0.6 is 22.9 Å². The quantitative estimate of drug-likeness (QED) is 0.273. The van der Waals surface area contributed by atoms with Gasteiger partial charge in [0, 0.05) is 47.5 Å². The van der Waals surface area contributed by atoms with Crippen molar-refractivity contribution in [2.45, 2.75) is 23.8 Å². The number of ether oxygens (including phenoxy) is 1. The number of imidazole rings is 1. The van der Waals surface area contributed by atoms with Crippen LogP contribution in [0.25, 0.3) is 27.6 Å². The van der Waals surface area contributed by atoms with E-state index in [4.69, 9.17) is 26.3 Å². The Morgan fingerprint density at radius 1 is 1.03 bits per heavy atom. The molecule has 1 aliphatic rings. The monoisotopic (exact) mass is 580 g/mol. The van der Waals surface area contributed by atoms with Crippen molar-refractivity contribution in [3.05, 3.63) is 77.4 Å².